The number of ether oxygens (including phenoxy) is 3. The van der Waals surface area contributed by atoms with Gasteiger partial charge in [-0.25, -0.2) is 9.78 Å². The number of carbonyl (C=O) groups is 3. The third-order valence-corrected chi connectivity index (χ3v) is 2.98. The van der Waals surface area contributed by atoms with Gasteiger partial charge in [0.15, 0.2) is 0 Å². The Morgan fingerprint density at radius 1 is 0.958 bits per heavy atom. The maximum Gasteiger partial charge on any atom is 0.335 e. The lowest BCUT2D eigenvalue weighted by Crippen LogP contribution is -2.49. The molecule has 0 aromatic heterocycles. The summed E-state index contributed by atoms with van der Waals surface area (Å²) in [6.07, 6.45) is 0.455. The van der Waals surface area contributed by atoms with Gasteiger partial charge in [-0.3, -0.25) is 14.4 Å². The summed E-state index contributed by atoms with van der Waals surface area (Å²) in [4.78, 5) is 46.9. The first kappa shape index (κ1) is 22.3. The van der Waals surface area contributed by atoms with E-state index in [-0.39, 0.29) is 38.8 Å². The van der Waals surface area contributed by atoms with Crippen molar-refractivity contribution in [3.63, 3.8) is 0 Å². The third-order valence-electron chi connectivity index (χ3n) is 2.98. The third kappa shape index (κ3) is 6.45. The van der Waals surface area contributed by atoms with Gasteiger partial charge >= 0.3 is 17.9 Å². The van der Waals surface area contributed by atoms with Gasteiger partial charge in [0.25, 0.3) is 5.41 Å². The summed E-state index contributed by atoms with van der Waals surface area (Å²) < 4.78 is 14.6. The Kier molecular flexibility index (Phi) is 11.0. The molecule has 0 amide bonds. The smallest absolute Gasteiger partial charge is 0.335 e. The van der Waals surface area contributed by atoms with Gasteiger partial charge in [0, 0.05) is 0 Å². The molecule has 0 fully saturated rings. The average Bonchev–Trinajstić information content (AvgIpc) is 2.55. The molecule has 0 radical (unpaired) electrons. The van der Waals surface area contributed by atoms with Crippen molar-refractivity contribution in [2.45, 2.75) is 53.1 Å². The first-order chi connectivity index (χ1) is 11.4. The molecule has 0 aromatic rings. The van der Waals surface area contributed by atoms with E-state index in [9.17, 15) is 14.4 Å². The SMILES string of the molecule is CCCOC(=O)C(CCCOOC(C)C)(C(=O)OC)C(=O)OCC. The molecule has 1 atom stereocenters. The molecular weight excluding hydrogens is 320 g/mol. The molecule has 0 aromatic carbocycles. The van der Waals surface area contributed by atoms with Crippen LogP contribution in [-0.2, 0) is 38.4 Å². The number of hydrogen-bond acceptors (Lipinski definition) is 8. The van der Waals surface area contributed by atoms with Crippen molar-refractivity contribution >= 4 is 17.9 Å². The molecule has 8 nitrogen and oxygen atoms in total. The zero-order valence-corrected chi connectivity index (χ0v) is 15.1. The molecule has 24 heavy (non-hydrogen) atoms. The zero-order chi connectivity index (χ0) is 18.6. The van der Waals surface area contributed by atoms with E-state index in [1.807, 2.05) is 0 Å². The van der Waals surface area contributed by atoms with Crippen LogP contribution < -0.4 is 0 Å². The molecule has 0 saturated heterocycles. The van der Waals surface area contributed by atoms with Crippen LogP contribution in [0.25, 0.3) is 0 Å². The predicted octanol–water partition coefficient (Wildman–Crippen LogP) is 1.80. The average molecular weight is 348 g/mol. The molecule has 0 saturated carbocycles. The van der Waals surface area contributed by atoms with Gasteiger partial charge in [0.05, 0.1) is 33.0 Å². The van der Waals surface area contributed by atoms with Gasteiger partial charge in [-0.2, -0.15) is 0 Å². The van der Waals surface area contributed by atoms with E-state index in [0.717, 1.165) is 7.11 Å². The summed E-state index contributed by atoms with van der Waals surface area (Å²) in [7, 11) is 1.10. The van der Waals surface area contributed by atoms with Gasteiger partial charge in [-0.05, 0) is 40.0 Å². The van der Waals surface area contributed by atoms with E-state index < -0.39 is 23.3 Å². The first-order valence-corrected chi connectivity index (χ1v) is 8.07. The van der Waals surface area contributed by atoms with E-state index in [1.54, 1.807) is 27.7 Å². The maximum absolute atomic E-state index is 12.4. The van der Waals surface area contributed by atoms with E-state index in [4.69, 9.17) is 19.2 Å². The summed E-state index contributed by atoms with van der Waals surface area (Å²) in [5, 5.41) is 0. The normalized spacial score (nSPS) is 13.2. The Morgan fingerprint density at radius 2 is 1.58 bits per heavy atom. The van der Waals surface area contributed by atoms with Crippen molar-refractivity contribution in [1.82, 2.24) is 0 Å². The number of methoxy groups -OCH3 is 1. The predicted molar refractivity (Wildman–Crippen MR) is 83.7 cm³/mol. The minimum Gasteiger partial charge on any atom is -0.468 e. The highest BCUT2D eigenvalue weighted by Gasteiger charge is 2.56. The van der Waals surface area contributed by atoms with Crippen LogP contribution in [0.4, 0.5) is 0 Å². The number of rotatable bonds is 12. The summed E-state index contributed by atoms with van der Waals surface area (Å²) in [5.41, 5.74) is -2.15. The summed E-state index contributed by atoms with van der Waals surface area (Å²) in [6.45, 7) is 7.16. The van der Waals surface area contributed by atoms with Gasteiger partial charge in [0.2, 0.25) is 0 Å². The highest BCUT2D eigenvalue weighted by molar-refractivity contribution is 6.17. The Labute approximate surface area is 142 Å². The Bertz CT molecular complexity index is 407. The quantitative estimate of drug-likeness (QED) is 0.131. The Balaban J connectivity index is 5.22. The van der Waals surface area contributed by atoms with Gasteiger partial charge < -0.3 is 14.2 Å². The molecule has 0 heterocycles. The Morgan fingerprint density at radius 3 is 2.08 bits per heavy atom. The molecule has 1 unspecified atom stereocenters. The highest BCUT2D eigenvalue weighted by Crippen LogP contribution is 2.30. The van der Waals surface area contributed by atoms with Crippen LogP contribution in [0.3, 0.4) is 0 Å². The molecule has 0 rings (SSSR count). The summed E-state index contributed by atoms with van der Waals surface area (Å²) >= 11 is 0. The van der Waals surface area contributed by atoms with Crippen molar-refractivity contribution in [3.8, 4) is 0 Å². The summed E-state index contributed by atoms with van der Waals surface area (Å²) in [5.74, 6) is -2.96. The molecule has 0 spiro atoms. The van der Waals surface area contributed by atoms with Crippen LogP contribution in [0.1, 0.15) is 47.0 Å². The van der Waals surface area contributed by atoms with Crippen LogP contribution in [0.2, 0.25) is 0 Å². The largest absolute Gasteiger partial charge is 0.468 e. The molecular formula is C16H28O8. The second-order valence-electron chi connectivity index (χ2n) is 5.32. The van der Waals surface area contributed by atoms with Gasteiger partial charge in [-0.15, -0.1) is 0 Å². The number of esters is 3. The van der Waals surface area contributed by atoms with Crippen LogP contribution in [-0.4, -0.2) is 50.9 Å². The molecule has 0 N–H and O–H groups in total. The van der Waals surface area contributed by atoms with Crippen molar-refractivity contribution < 1.29 is 38.4 Å². The number of carbonyl (C=O) groups excluding carboxylic acids is 3. The topological polar surface area (TPSA) is 97.4 Å². The van der Waals surface area contributed by atoms with Crippen molar-refractivity contribution in [1.29, 1.82) is 0 Å². The van der Waals surface area contributed by atoms with Gasteiger partial charge in [-0.1, -0.05) is 6.92 Å². The van der Waals surface area contributed by atoms with Crippen molar-refractivity contribution in [2.75, 3.05) is 26.9 Å². The van der Waals surface area contributed by atoms with Crippen LogP contribution in [0.5, 0.6) is 0 Å². The Hall–Kier alpha value is -1.67. The highest BCUT2D eigenvalue weighted by atomic mass is 17.2. The van der Waals surface area contributed by atoms with E-state index >= 15 is 0 Å². The van der Waals surface area contributed by atoms with E-state index in [0.29, 0.717) is 6.42 Å². The molecule has 8 heteroatoms. The minimum absolute atomic E-state index is 0.0194. The lowest BCUT2D eigenvalue weighted by atomic mass is 9.83. The first-order valence-electron chi connectivity index (χ1n) is 8.07. The fourth-order valence-electron chi connectivity index (χ4n) is 1.88. The van der Waals surface area contributed by atoms with Crippen LogP contribution in [0.15, 0.2) is 0 Å². The minimum atomic E-state index is -2.15. The van der Waals surface area contributed by atoms with Crippen molar-refractivity contribution in [3.05, 3.63) is 0 Å². The lowest BCUT2D eigenvalue weighted by molar-refractivity contribution is -0.317. The maximum atomic E-state index is 12.4. The van der Waals surface area contributed by atoms with Crippen LogP contribution in [0, 0.1) is 5.41 Å². The number of hydrogen-bond donors (Lipinski definition) is 0. The van der Waals surface area contributed by atoms with E-state index in [1.165, 1.54) is 0 Å². The van der Waals surface area contributed by atoms with Gasteiger partial charge in [0.1, 0.15) is 0 Å². The molecule has 140 valence electrons. The molecule has 0 bridgehead atoms. The fraction of sp³-hybridized carbons (Fsp3) is 0.812. The molecule has 0 aliphatic heterocycles. The fourth-order valence-corrected chi connectivity index (χ4v) is 1.88. The van der Waals surface area contributed by atoms with E-state index in [2.05, 4.69) is 4.74 Å². The van der Waals surface area contributed by atoms with Crippen molar-refractivity contribution in [2.24, 2.45) is 5.41 Å². The van der Waals surface area contributed by atoms with Crippen LogP contribution >= 0.6 is 0 Å². The second-order valence-corrected chi connectivity index (χ2v) is 5.32. The second kappa shape index (κ2) is 11.8. The zero-order valence-electron chi connectivity index (χ0n) is 15.1. The molecule has 0 aliphatic carbocycles. The summed E-state index contributed by atoms with van der Waals surface area (Å²) in [6, 6.07) is 0. The lowest BCUT2D eigenvalue weighted by Gasteiger charge is -2.26. The standard InChI is InChI=1S/C16H28O8/c1-6-10-22-15(19)16(13(17)20-5,14(18)21-7-2)9-8-11-23-24-12(3)4/h12H,6-11H2,1-5H3. The monoisotopic (exact) mass is 348 g/mol. The molecule has 0 aliphatic rings.